The number of hydrogen-bond acceptors (Lipinski definition) is 2. The molecule has 0 unspecified atom stereocenters. The Morgan fingerprint density at radius 3 is 2.12 bits per heavy atom. The zero-order chi connectivity index (χ0) is 13.1. The summed E-state index contributed by atoms with van der Waals surface area (Å²) in [5.74, 6) is 0.948. The lowest BCUT2D eigenvalue weighted by Gasteiger charge is -2.33. The van der Waals surface area contributed by atoms with Crippen molar-refractivity contribution in [2.45, 2.75) is 33.5 Å². The molecule has 17 heavy (non-hydrogen) atoms. The lowest BCUT2D eigenvalue weighted by atomic mass is 10.3. The van der Waals surface area contributed by atoms with Gasteiger partial charge in [-0.1, -0.05) is 19.6 Å². The average Bonchev–Trinajstić information content (AvgIpc) is 2.18. The van der Waals surface area contributed by atoms with E-state index in [1.807, 2.05) is 35.8 Å². The van der Waals surface area contributed by atoms with E-state index in [2.05, 4.69) is 19.6 Å². The first-order valence-corrected chi connectivity index (χ1v) is 9.34. The molecular formula is C13H21NO2Si. The molecule has 0 saturated carbocycles. The highest BCUT2D eigenvalue weighted by Crippen LogP contribution is 2.24. The minimum absolute atomic E-state index is 0.105. The number of benzene rings is 1. The van der Waals surface area contributed by atoms with E-state index < -0.39 is 8.24 Å². The summed E-state index contributed by atoms with van der Waals surface area (Å²) in [6.07, 6.45) is 0. The van der Waals surface area contributed by atoms with Gasteiger partial charge in [-0.15, -0.1) is 0 Å². The minimum atomic E-state index is -1.68. The second-order valence-electron chi connectivity index (χ2n) is 4.95. The van der Waals surface area contributed by atoms with E-state index in [0.29, 0.717) is 6.61 Å². The van der Waals surface area contributed by atoms with Crippen LogP contribution in [0.15, 0.2) is 24.3 Å². The molecule has 0 N–H and O–H groups in total. The van der Waals surface area contributed by atoms with Crippen molar-refractivity contribution in [1.29, 1.82) is 0 Å². The van der Waals surface area contributed by atoms with E-state index in [0.717, 1.165) is 11.4 Å². The van der Waals surface area contributed by atoms with Crippen molar-refractivity contribution in [1.82, 2.24) is 0 Å². The van der Waals surface area contributed by atoms with E-state index in [-0.39, 0.29) is 5.91 Å². The zero-order valence-corrected chi connectivity index (χ0v) is 12.3. The molecule has 0 saturated heterocycles. The summed E-state index contributed by atoms with van der Waals surface area (Å²) in [4.78, 5) is 11.7. The zero-order valence-electron chi connectivity index (χ0n) is 11.3. The third-order valence-corrected chi connectivity index (χ3v) is 4.31. The van der Waals surface area contributed by atoms with E-state index in [4.69, 9.17) is 4.74 Å². The Balaban J connectivity index is 3.00. The van der Waals surface area contributed by atoms with Crippen LogP contribution in [0.25, 0.3) is 0 Å². The van der Waals surface area contributed by atoms with Crippen LogP contribution in [-0.4, -0.2) is 20.7 Å². The van der Waals surface area contributed by atoms with E-state index in [9.17, 15) is 4.79 Å². The molecule has 0 aliphatic rings. The monoisotopic (exact) mass is 251 g/mol. The Morgan fingerprint density at radius 1 is 1.24 bits per heavy atom. The molecule has 1 rings (SSSR count). The van der Waals surface area contributed by atoms with Crippen LogP contribution in [0.2, 0.25) is 19.6 Å². The summed E-state index contributed by atoms with van der Waals surface area (Å²) in [5.41, 5.74) is 0.958. The van der Waals surface area contributed by atoms with Gasteiger partial charge < -0.3 is 9.30 Å². The Kier molecular flexibility index (Phi) is 4.34. The number of carbonyl (C=O) groups excluding carboxylic acids is 1. The lowest BCUT2D eigenvalue weighted by molar-refractivity contribution is -0.115. The topological polar surface area (TPSA) is 29.5 Å². The van der Waals surface area contributed by atoms with Crippen LogP contribution in [0.3, 0.4) is 0 Å². The number of anilines is 1. The molecule has 1 amide bonds. The fourth-order valence-electron chi connectivity index (χ4n) is 1.90. The van der Waals surface area contributed by atoms with Crippen LogP contribution in [-0.2, 0) is 4.79 Å². The molecule has 3 nitrogen and oxygen atoms in total. The number of amides is 1. The highest BCUT2D eigenvalue weighted by Gasteiger charge is 2.27. The maximum Gasteiger partial charge on any atom is 0.215 e. The van der Waals surface area contributed by atoms with Gasteiger partial charge in [-0.2, -0.15) is 0 Å². The number of carbonyl (C=O) groups is 1. The van der Waals surface area contributed by atoms with Crippen molar-refractivity contribution >= 4 is 19.8 Å². The molecule has 4 heteroatoms. The molecule has 0 aromatic heterocycles. The molecule has 0 heterocycles. The van der Waals surface area contributed by atoms with E-state index in [1.54, 1.807) is 6.92 Å². The summed E-state index contributed by atoms with van der Waals surface area (Å²) < 4.78 is 7.31. The van der Waals surface area contributed by atoms with E-state index in [1.165, 1.54) is 0 Å². The van der Waals surface area contributed by atoms with Crippen LogP contribution in [0.5, 0.6) is 5.75 Å². The maximum atomic E-state index is 11.7. The fourth-order valence-corrected chi connectivity index (χ4v) is 3.77. The van der Waals surface area contributed by atoms with Gasteiger partial charge in [0.1, 0.15) is 5.75 Å². The molecule has 0 spiro atoms. The second kappa shape index (κ2) is 5.36. The van der Waals surface area contributed by atoms with Crippen molar-refractivity contribution in [2.75, 3.05) is 11.2 Å². The predicted octanol–water partition coefficient (Wildman–Crippen LogP) is 3.27. The van der Waals surface area contributed by atoms with Crippen LogP contribution in [0.4, 0.5) is 5.69 Å². The molecule has 0 atom stereocenters. The van der Waals surface area contributed by atoms with Gasteiger partial charge >= 0.3 is 0 Å². The molecule has 1 aromatic carbocycles. The summed E-state index contributed by atoms with van der Waals surface area (Å²) in [7, 11) is -1.68. The third-order valence-electron chi connectivity index (χ3n) is 2.39. The molecule has 0 bridgehead atoms. The molecule has 94 valence electrons. The number of ether oxygens (including phenoxy) is 1. The van der Waals surface area contributed by atoms with Gasteiger partial charge in [0.15, 0.2) is 8.24 Å². The van der Waals surface area contributed by atoms with Crippen molar-refractivity contribution in [3.05, 3.63) is 24.3 Å². The summed E-state index contributed by atoms with van der Waals surface area (Å²) >= 11 is 0. The van der Waals surface area contributed by atoms with E-state index >= 15 is 0 Å². The number of rotatable bonds is 4. The molecular weight excluding hydrogens is 230 g/mol. The van der Waals surface area contributed by atoms with Crippen LogP contribution in [0.1, 0.15) is 13.8 Å². The molecule has 0 aliphatic carbocycles. The quantitative estimate of drug-likeness (QED) is 0.769. The van der Waals surface area contributed by atoms with Gasteiger partial charge in [0.05, 0.1) is 6.61 Å². The average molecular weight is 251 g/mol. The Labute approximate surface area is 104 Å². The number of nitrogens with zero attached hydrogens (tertiary/aromatic N) is 1. The van der Waals surface area contributed by atoms with Gasteiger partial charge in [-0.3, -0.25) is 4.79 Å². The predicted molar refractivity (Wildman–Crippen MR) is 74.1 cm³/mol. The van der Waals surface area contributed by atoms with Gasteiger partial charge in [0, 0.05) is 12.6 Å². The Hall–Kier alpha value is -1.29. The summed E-state index contributed by atoms with van der Waals surface area (Å²) in [6, 6.07) is 7.72. The van der Waals surface area contributed by atoms with Gasteiger partial charge in [0.2, 0.25) is 5.91 Å². The van der Waals surface area contributed by atoms with Crippen LogP contribution >= 0.6 is 0 Å². The molecule has 0 aliphatic heterocycles. The smallest absolute Gasteiger partial charge is 0.215 e. The molecule has 0 fully saturated rings. The third kappa shape index (κ3) is 3.59. The maximum absolute atomic E-state index is 11.7. The number of hydrogen-bond donors (Lipinski definition) is 0. The Morgan fingerprint density at radius 2 is 1.76 bits per heavy atom. The lowest BCUT2D eigenvalue weighted by Crippen LogP contribution is -2.49. The van der Waals surface area contributed by atoms with Gasteiger partial charge in [0.25, 0.3) is 0 Å². The molecule has 1 aromatic rings. The highest BCUT2D eigenvalue weighted by atomic mass is 28.3. The first kappa shape index (κ1) is 13.8. The fraction of sp³-hybridized carbons (Fsp3) is 0.462. The second-order valence-corrected chi connectivity index (χ2v) is 9.74. The van der Waals surface area contributed by atoms with Crippen molar-refractivity contribution in [3.8, 4) is 5.75 Å². The largest absolute Gasteiger partial charge is 0.494 e. The summed E-state index contributed by atoms with van der Waals surface area (Å²) in [6.45, 7) is 10.7. The van der Waals surface area contributed by atoms with Gasteiger partial charge in [-0.05, 0) is 31.2 Å². The van der Waals surface area contributed by atoms with Crippen molar-refractivity contribution < 1.29 is 9.53 Å². The van der Waals surface area contributed by atoms with Crippen molar-refractivity contribution in [3.63, 3.8) is 0 Å². The highest BCUT2D eigenvalue weighted by molar-refractivity contribution is 6.83. The normalized spacial score (nSPS) is 11.1. The minimum Gasteiger partial charge on any atom is -0.494 e. The first-order valence-electron chi connectivity index (χ1n) is 5.90. The van der Waals surface area contributed by atoms with Crippen molar-refractivity contribution in [2.24, 2.45) is 0 Å². The van der Waals surface area contributed by atoms with Crippen LogP contribution < -0.4 is 9.30 Å². The molecule has 0 radical (unpaired) electrons. The van der Waals surface area contributed by atoms with Gasteiger partial charge in [-0.25, -0.2) is 0 Å². The SMILES string of the molecule is CCOc1ccc(N(C(C)=O)[Si](C)(C)C)cc1. The Bertz CT molecular complexity index is 381. The first-order chi connectivity index (χ1) is 7.86. The summed E-state index contributed by atoms with van der Waals surface area (Å²) in [5, 5.41) is 0. The van der Waals surface area contributed by atoms with Crippen LogP contribution in [0, 0.1) is 0 Å². The standard InChI is InChI=1S/C13H21NO2Si/c1-6-16-13-9-7-12(8-10-13)14(11(2)15)17(3,4)5/h7-10H,6H2,1-5H3.